The molecule has 0 spiro atoms. The van der Waals surface area contributed by atoms with Crippen LogP contribution < -0.4 is 0 Å². The normalized spacial score (nSPS) is 25.5. The summed E-state index contributed by atoms with van der Waals surface area (Å²) < 4.78 is 33.9. The van der Waals surface area contributed by atoms with Gasteiger partial charge in [0, 0.05) is 24.5 Å². The van der Waals surface area contributed by atoms with E-state index in [4.69, 9.17) is 16.3 Å². The number of rotatable bonds is 4. The molecule has 2 atom stereocenters. The van der Waals surface area contributed by atoms with Crippen molar-refractivity contribution < 1.29 is 13.5 Å². The van der Waals surface area contributed by atoms with E-state index in [0.717, 1.165) is 0 Å². The Balaban J connectivity index is 2.03. The lowest BCUT2D eigenvalue weighted by atomic mass is 10.1. The van der Waals surface area contributed by atoms with Crippen molar-refractivity contribution in [2.75, 3.05) is 25.5 Å². The first-order valence-electron chi connectivity index (χ1n) is 6.38. The van der Waals surface area contributed by atoms with E-state index < -0.39 is 5.92 Å². The van der Waals surface area contributed by atoms with Crippen LogP contribution in [0.25, 0.3) is 0 Å². The van der Waals surface area contributed by atoms with Crippen molar-refractivity contribution in [3.63, 3.8) is 0 Å². The second kappa shape index (κ2) is 6.16. The molecular weight excluding hydrogens is 272 g/mol. The molecule has 0 saturated carbocycles. The van der Waals surface area contributed by atoms with Crippen molar-refractivity contribution in [3.05, 3.63) is 35.9 Å². The lowest BCUT2D eigenvalue weighted by molar-refractivity contribution is -0.105. The minimum absolute atomic E-state index is 0.0524. The Bertz CT molecular complexity index is 402. The molecule has 0 aliphatic carbocycles. The number of morpholine rings is 1. The molecule has 19 heavy (non-hydrogen) atoms. The van der Waals surface area contributed by atoms with Gasteiger partial charge in [-0.25, -0.2) is 0 Å². The molecule has 1 heterocycles. The van der Waals surface area contributed by atoms with Crippen LogP contribution in [0.2, 0.25) is 0 Å². The Hall–Kier alpha value is -0.710. The maximum Gasteiger partial charge on any atom is 0.285 e. The molecule has 1 aliphatic heterocycles. The molecule has 0 radical (unpaired) electrons. The third kappa shape index (κ3) is 3.88. The van der Waals surface area contributed by atoms with E-state index in [9.17, 15) is 8.78 Å². The van der Waals surface area contributed by atoms with Crippen molar-refractivity contribution in [3.8, 4) is 0 Å². The van der Waals surface area contributed by atoms with Gasteiger partial charge in [-0.1, -0.05) is 30.3 Å². The maximum absolute atomic E-state index is 14.2. The lowest BCUT2D eigenvalue weighted by Gasteiger charge is -2.37. The highest BCUT2D eigenvalue weighted by molar-refractivity contribution is 6.18. The van der Waals surface area contributed by atoms with Crippen LogP contribution >= 0.6 is 11.6 Å². The average Bonchev–Trinajstić information content (AvgIpc) is 2.38. The average molecular weight is 290 g/mol. The first kappa shape index (κ1) is 14.7. The van der Waals surface area contributed by atoms with Crippen molar-refractivity contribution in [2.45, 2.75) is 25.1 Å². The predicted octanol–water partition coefficient (Wildman–Crippen LogP) is 3.11. The van der Waals surface area contributed by atoms with Gasteiger partial charge < -0.3 is 4.74 Å². The van der Waals surface area contributed by atoms with Gasteiger partial charge in [0.15, 0.2) is 0 Å². The molecular formula is C14H18ClF2NO. The molecule has 1 aromatic carbocycles. The van der Waals surface area contributed by atoms with Crippen molar-refractivity contribution in [2.24, 2.45) is 0 Å². The van der Waals surface area contributed by atoms with Gasteiger partial charge in [0.1, 0.15) is 0 Å². The lowest BCUT2D eigenvalue weighted by Crippen LogP contribution is -2.50. The Kier molecular flexibility index (Phi) is 4.76. The van der Waals surface area contributed by atoms with Gasteiger partial charge in [0.2, 0.25) is 0 Å². The topological polar surface area (TPSA) is 12.5 Å². The van der Waals surface area contributed by atoms with Gasteiger partial charge >= 0.3 is 0 Å². The summed E-state index contributed by atoms with van der Waals surface area (Å²) in [6, 6.07) is 7.92. The summed E-state index contributed by atoms with van der Waals surface area (Å²) >= 11 is 5.76. The largest absolute Gasteiger partial charge is 0.371 e. The van der Waals surface area contributed by atoms with E-state index in [1.807, 2.05) is 6.92 Å². The summed E-state index contributed by atoms with van der Waals surface area (Å²) in [6.45, 7) is 2.55. The predicted molar refractivity (Wildman–Crippen MR) is 71.8 cm³/mol. The van der Waals surface area contributed by atoms with E-state index >= 15 is 0 Å². The smallest absolute Gasteiger partial charge is 0.285 e. The van der Waals surface area contributed by atoms with Crippen LogP contribution in [0.1, 0.15) is 12.5 Å². The second-order valence-corrected chi connectivity index (χ2v) is 5.30. The van der Waals surface area contributed by atoms with E-state index in [0.29, 0.717) is 19.0 Å². The number of hydrogen-bond donors (Lipinski definition) is 0. The Morgan fingerprint density at radius 1 is 1.32 bits per heavy atom. The van der Waals surface area contributed by atoms with Crippen LogP contribution in [0.3, 0.4) is 0 Å². The number of ether oxygens (including phenoxy) is 1. The number of halogens is 3. The molecule has 0 amide bonds. The SMILES string of the molecule is CC1CN(CC(F)(F)c2ccccc2)CC(CCl)O1. The molecule has 0 bridgehead atoms. The number of benzene rings is 1. The molecule has 0 N–H and O–H groups in total. The first-order chi connectivity index (χ1) is 9.01. The molecule has 2 nitrogen and oxygen atoms in total. The summed E-state index contributed by atoms with van der Waals surface area (Å²) in [5.41, 5.74) is 0.0524. The molecule has 106 valence electrons. The van der Waals surface area contributed by atoms with Crippen LogP contribution in [0.15, 0.2) is 30.3 Å². The van der Waals surface area contributed by atoms with Crippen LogP contribution in [-0.2, 0) is 10.7 Å². The summed E-state index contributed by atoms with van der Waals surface area (Å²) in [6.07, 6.45) is -0.235. The zero-order chi connectivity index (χ0) is 13.9. The molecule has 5 heteroatoms. The maximum atomic E-state index is 14.2. The molecule has 1 aliphatic rings. The third-order valence-electron chi connectivity index (χ3n) is 3.19. The monoisotopic (exact) mass is 289 g/mol. The fourth-order valence-corrected chi connectivity index (χ4v) is 2.58. The third-order valence-corrected chi connectivity index (χ3v) is 3.54. The molecule has 2 rings (SSSR count). The fourth-order valence-electron chi connectivity index (χ4n) is 2.41. The van der Waals surface area contributed by atoms with E-state index in [-0.39, 0.29) is 24.3 Å². The van der Waals surface area contributed by atoms with Crippen LogP contribution in [-0.4, -0.2) is 42.6 Å². The summed E-state index contributed by atoms with van der Waals surface area (Å²) in [4.78, 5) is 1.73. The van der Waals surface area contributed by atoms with Gasteiger partial charge in [-0.15, -0.1) is 11.6 Å². The molecule has 1 fully saturated rings. The van der Waals surface area contributed by atoms with E-state index in [1.54, 1.807) is 23.1 Å². The zero-order valence-electron chi connectivity index (χ0n) is 10.9. The molecule has 0 aromatic heterocycles. The fraction of sp³-hybridized carbons (Fsp3) is 0.571. The molecule has 2 unspecified atom stereocenters. The standard InChI is InChI=1S/C14H18ClF2NO/c1-11-8-18(9-13(7-15)19-11)10-14(16,17)12-5-3-2-4-6-12/h2-6,11,13H,7-10H2,1H3. The van der Waals surface area contributed by atoms with Gasteiger partial charge in [-0.2, -0.15) is 8.78 Å². The number of nitrogens with zero attached hydrogens (tertiary/aromatic N) is 1. The number of hydrogen-bond acceptors (Lipinski definition) is 2. The van der Waals surface area contributed by atoms with Crippen LogP contribution in [0.5, 0.6) is 0 Å². The summed E-state index contributed by atoms with van der Waals surface area (Å²) in [5, 5.41) is 0. The van der Waals surface area contributed by atoms with Gasteiger partial charge in [0.05, 0.1) is 18.8 Å². The Morgan fingerprint density at radius 3 is 2.63 bits per heavy atom. The minimum atomic E-state index is -2.85. The van der Waals surface area contributed by atoms with Gasteiger partial charge in [0.25, 0.3) is 5.92 Å². The first-order valence-corrected chi connectivity index (χ1v) is 6.92. The zero-order valence-corrected chi connectivity index (χ0v) is 11.6. The van der Waals surface area contributed by atoms with Crippen LogP contribution in [0.4, 0.5) is 8.78 Å². The van der Waals surface area contributed by atoms with E-state index in [1.165, 1.54) is 12.1 Å². The number of alkyl halides is 3. The minimum Gasteiger partial charge on any atom is -0.371 e. The molecule has 1 aromatic rings. The van der Waals surface area contributed by atoms with Crippen molar-refractivity contribution >= 4 is 11.6 Å². The van der Waals surface area contributed by atoms with Crippen molar-refractivity contribution in [1.82, 2.24) is 4.90 Å². The van der Waals surface area contributed by atoms with E-state index in [2.05, 4.69) is 0 Å². The summed E-state index contributed by atoms with van der Waals surface area (Å²) in [7, 11) is 0. The Labute approximate surface area is 117 Å². The highest BCUT2D eigenvalue weighted by Gasteiger charge is 2.36. The van der Waals surface area contributed by atoms with Crippen LogP contribution in [0, 0.1) is 0 Å². The Morgan fingerprint density at radius 2 is 2.00 bits per heavy atom. The second-order valence-electron chi connectivity index (χ2n) is 4.99. The highest BCUT2D eigenvalue weighted by atomic mass is 35.5. The van der Waals surface area contributed by atoms with Gasteiger partial charge in [-0.3, -0.25) is 4.90 Å². The van der Waals surface area contributed by atoms with Gasteiger partial charge in [-0.05, 0) is 6.92 Å². The summed E-state index contributed by atoms with van der Waals surface area (Å²) in [5.74, 6) is -2.52. The van der Waals surface area contributed by atoms with Crippen molar-refractivity contribution in [1.29, 1.82) is 0 Å². The highest BCUT2D eigenvalue weighted by Crippen LogP contribution is 2.29. The molecule has 1 saturated heterocycles. The quantitative estimate of drug-likeness (QED) is 0.790.